The number of aromatic nitrogens is 5. The number of methoxy groups -OCH3 is 8. The van der Waals surface area contributed by atoms with Crippen molar-refractivity contribution in [1.82, 2.24) is 25.8 Å². The molecule has 5 heterocycles. The van der Waals surface area contributed by atoms with Gasteiger partial charge in [0, 0.05) is 270 Å². The fourth-order valence-corrected chi connectivity index (χ4v) is 7.44. The molecule has 5 rings (SSSR count). The van der Waals surface area contributed by atoms with Crippen LogP contribution in [-0.4, -0.2) is 155 Å². The Balaban J connectivity index is -0.000000238. The van der Waals surface area contributed by atoms with E-state index in [1.807, 2.05) is 34.6 Å². The van der Waals surface area contributed by atoms with Crippen LogP contribution >= 0.6 is 11.6 Å². The number of nitrogens with zero attached hydrogens (tertiary/aromatic N) is 6. The van der Waals surface area contributed by atoms with Crippen molar-refractivity contribution in [3.63, 3.8) is 0 Å². The molecule has 0 saturated carbocycles. The van der Waals surface area contributed by atoms with Gasteiger partial charge in [0.15, 0.2) is 12.0 Å². The zero-order valence-corrected chi connectivity index (χ0v) is 67.4. The second-order valence-corrected chi connectivity index (χ2v) is 17.7. The minimum absolute atomic E-state index is 0. The SMILES string of the molecule is C#Cc1onc(C(CCOC)CC(=O)OC)c1C.C/C(Cl)=N/O.CC.COCCC(CC(=O)OC)c1noc(-c2ccno2)c1C.COCCC(CC(=O)OC)c1noc(C=O)c1C.COCCC(CC(=O)OC)c1noc(CO)c1C.[Y].[Y].[Y].[Y].[Y]. The Kier molecular flexibility index (Phi) is 64.3. The van der Waals surface area contributed by atoms with E-state index in [0.29, 0.717) is 110 Å². The van der Waals surface area contributed by atoms with Crippen LogP contribution in [-0.2, 0) is 227 Å². The van der Waals surface area contributed by atoms with Crippen molar-refractivity contribution < 1.29 is 258 Å². The van der Waals surface area contributed by atoms with E-state index in [4.69, 9.17) is 74.6 Å². The van der Waals surface area contributed by atoms with E-state index in [1.165, 1.54) is 41.6 Å². The molecular formula is C55H81ClN6O20Y5. The fraction of sp³-hybridized carbons (Fsp3) is 0.582. The minimum Gasteiger partial charge on any atom is -0.469 e. The van der Waals surface area contributed by atoms with Gasteiger partial charge in [-0.1, -0.05) is 56.4 Å². The number of ether oxygens (including phenoxy) is 8. The summed E-state index contributed by atoms with van der Waals surface area (Å²) in [6, 6.07) is 1.70. The third-order valence-corrected chi connectivity index (χ3v) is 12.0. The van der Waals surface area contributed by atoms with Crippen LogP contribution in [0.15, 0.2) is 40.0 Å². The molecule has 5 radical (unpaired) electrons. The van der Waals surface area contributed by atoms with E-state index in [9.17, 15) is 24.0 Å². The van der Waals surface area contributed by atoms with E-state index < -0.39 is 0 Å². The van der Waals surface area contributed by atoms with Gasteiger partial charge in [0.25, 0.3) is 0 Å². The number of esters is 4. The number of aliphatic hydroxyl groups is 1. The second kappa shape index (κ2) is 58.1. The van der Waals surface area contributed by atoms with Gasteiger partial charge in [0.2, 0.25) is 23.0 Å². The molecule has 4 atom stereocenters. The van der Waals surface area contributed by atoms with Gasteiger partial charge in [-0.15, -0.1) is 6.42 Å². The molecule has 32 heteroatoms. The van der Waals surface area contributed by atoms with Crippen molar-refractivity contribution in [2.75, 3.05) is 83.3 Å². The van der Waals surface area contributed by atoms with Crippen molar-refractivity contribution in [2.45, 2.75) is 130 Å². The number of terminal acetylenes is 1. The zero-order valence-electron chi connectivity index (χ0n) is 52.5. The summed E-state index contributed by atoms with van der Waals surface area (Å²) < 4.78 is 64.3. The summed E-state index contributed by atoms with van der Waals surface area (Å²) in [5.74, 6) is 2.73. The van der Waals surface area contributed by atoms with E-state index >= 15 is 0 Å². The molecular weight excluding hydrogens is 1540 g/mol. The third-order valence-electron chi connectivity index (χ3n) is 11.9. The first kappa shape index (κ1) is 96.3. The fourth-order valence-electron chi connectivity index (χ4n) is 7.44. The van der Waals surface area contributed by atoms with Crippen LogP contribution in [0.3, 0.4) is 0 Å². The monoisotopic (exact) mass is 1630 g/mol. The van der Waals surface area contributed by atoms with Crippen LogP contribution in [0.1, 0.15) is 163 Å². The molecule has 0 amide bonds. The Morgan fingerprint density at radius 3 is 1.22 bits per heavy atom. The standard InChI is InChI=1S/C14H18N2O5.C13H17NO4.C12H19NO5.C12H17NO5.C2H4ClNO.C2H6.5Y/c1-9-13(10(5-7-18-2)8-12(17)19-3)16-21-14(9)11-4-6-15-20-11;1-5-11-9(2)13(14-18-11)10(6-7-16-3)8-12(15)17-4;2*1-8-10(7-14)18-13-12(8)9(4-5-16-2)6-11(15)17-3;1-2(3)4-5;1-2;;;;;/h4,6,10H,5,7-8H2,1-3H3;1,10H,6-8H2,2-4H3;9,14H,4-7H2,1-3H3;7,9H,4-6H2,1-3H3;5H,1H3;1-2H3;;;;;/b;;;;4-2-;;;;;;. The normalized spacial score (nSPS) is 11.3. The minimum atomic E-state index is -0.328. The Morgan fingerprint density at radius 1 is 0.586 bits per heavy atom. The topological polar surface area (TPSA) is 342 Å². The van der Waals surface area contributed by atoms with Gasteiger partial charge < -0.3 is 70.8 Å². The first-order valence-corrected chi connectivity index (χ1v) is 26.1. The van der Waals surface area contributed by atoms with Crippen LogP contribution in [0.25, 0.3) is 11.5 Å². The predicted octanol–water partition coefficient (Wildman–Crippen LogP) is 8.65. The summed E-state index contributed by atoms with van der Waals surface area (Å²) in [6.07, 6.45) is 10.9. The van der Waals surface area contributed by atoms with Gasteiger partial charge in [0.05, 0.1) is 83.1 Å². The van der Waals surface area contributed by atoms with Crippen LogP contribution in [0.2, 0.25) is 0 Å². The molecule has 0 aliphatic rings. The summed E-state index contributed by atoms with van der Waals surface area (Å²) in [6.45, 7) is 14.6. The summed E-state index contributed by atoms with van der Waals surface area (Å²) in [4.78, 5) is 56.4. The Hall–Kier alpha value is -1.76. The summed E-state index contributed by atoms with van der Waals surface area (Å²) in [7, 11) is 11.8. The quantitative estimate of drug-likeness (QED) is 0.00944. The van der Waals surface area contributed by atoms with Crippen molar-refractivity contribution in [3.8, 4) is 23.9 Å². The Labute approximate surface area is 639 Å². The second-order valence-electron chi connectivity index (χ2n) is 17.1. The van der Waals surface area contributed by atoms with Gasteiger partial charge in [-0.25, -0.2) is 0 Å². The van der Waals surface area contributed by atoms with Crippen LogP contribution < -0.4 is 0 Å². The van der Waals surface area contributed by atoms with Gasteiger partial charge in [-0.2, -0.15) is 0 Å². The number of hydrogen-bond donors (Lipinski definition) is 2. The molecule has 87 heavy (non-hydrogen) atoms. The van der Waals surface area contributed by atoms with Crippen molar-refractivity contribution in [1.29, 1.82) is 0 Å². The summed E-state index contributed by atoms with van der Waals surface area (Å²) in [5.41, 5.74) is 5.77. The molecule has 0 aliphatic heterocycles. The Morgan fingerprint density at radius 2 is 0.931 bits per heavy atom. The smallest absolute Gasteiger partial charge is 0.306 e. The first-order valence-electron chi connectivity index (χ1n) is 25.7. The average Bonchev–Trinajstić information content (AvgIpc) is 3.33. The van der Waals surface area contributed by atoms with Crippen LogP contribution in [0, 0.1) is 40.0 Å². The molecule has 473 valence electrons. The van der Waals surface area contributed by atoms with E-state index in [-0.39, 0.29) is 254 Å². The maximum atomic E-state index is 11.6. The number of carbonyl (C=O) groups is 5. The molecule has 0 fully saturated rings. The molecule has 4 unspecified atom stereocenters. The maximum absolute atomic E-state index is 11.6. The summed E-state index contributed by atoms with van der Waals surface area (Å²) >= 11 is 4.96. The number of hydrogen-bond acceptors (Lipinski definition) is 26. The predicted molar refractivity (Wildman–Crippen MR) is 295 cm³/mol. The largest absolute Gasteiger partial charge is 0.469 e. The number of rotatable bonds is 27. The molecule has 0 spiro atoms. The van der Waals surface area contributed by atoms with Crippen molar-refractivity contribution in [3.05, 3.63) is 74.6 Å². The van der Waals surface area contributed by atoms with Crippen molar-refractivity contribution in [2.24, 2.45) is 5.16 Å². The van der Waals surface area contributed by atoms with Crippen LogP contribution in [0.5, 0.6) is 0 Å². The number of carbonyl (C=O) groups excluding carboxylic acids is 5. The van der Waals surface area contributed by atoms with Gasteiger partial charge >= 0.3 is 23.9 Å². The molecule has 5 aromatic heterocycles. The number of aldehydes is 1. The van der Waals surface area contributed by atoms with Gasteiger partial charge in [0.1, 0.15) is 11.8 Å². The molecule has 26 nitrogen and oxygen atoms in total. The molecule has 0 saturated heterocycles. The Bertz CT molecular complexity index is 2680. The molecule has 2 N–H and O–H groups in total. The van der Waals surface area contributed by atoms with E-state index in [0.717, 1.165) is 16.7 Å². The molecule has 5 aromatic rings. The van der Waals surface area contributed by atoms with Gasteiger partial charge in [-0.3, -0.25) is 24.0 Å². The van der Waals surface area contributed by atoms with Gasteiger partial charge in [-0.05, 0) is 66.2 Å². The maximum Gasteiger partial charge on any atom is 0.306 e. The molecule has 0 aliphatic carbocycles. The number of oxime groups is 1. The first-order chi connectivity index (χ1) is 39.3. The number of halogens is 1. The van der Waals surface area contributed by atoms with E-state index in [2.05, 4.69) is 51.1 Å². The van der Waals surface area contributed by atoms with Crippen LogP contribution in [0.4, 0.5) is 0 Å². The molecule has 0 aromatic carbocycles. The van der Waals surface area contributed by atoms with E-state index in [1.54, 1.807) is 41.4 Å². The summed E-state index contributed by atoms with van der Waals surface area (Å²) in [5, 5.41) is 38.9. The zero-order chi connectivity index (χ0) is 62.2. The number of aliphatic hydroxyl groups excluding tert-OH is 1. The van der Waals surface area contributed by atoms with Crippen molar-refractivity contribution >= 4 is 46.9 Å². The third kappa shape index (κ3) is 36.3. The molecule has 0 bridgehead atoms. The average molecular weight is 1630 g/mol.